The lowest BCUT2D eigenvalue weighted by Gasteiger charge is -2.26. The molecule has 0 bridgehead atoms. The first-order chi connectivity index (χ1) is 7.95. The SMILES string of the molecule is CCC(C)N(CC)S(=O)(=O)c1ccccc1C. The molecule has 0 saturated heterocycles. The van der Waals surface area contributed by atoms with Gasteiger partial charge in [-0.3, -0.25) is 0 Å². The molecule has 0 aliphatic heterocycles. The predicted molar refractivity (Wildman–Crippen MR) is 70.5 cm³/mol. The summed E-state index contributed by atoms with van der Waals surface area (Å²) in [6.45, 7) is 8.16. The highest BCUT2D eigenvalue weighted by atomic mass is 32.2. The molecule has 0 aromatic heterocycles. The molecule has 1 atom stereocenters. The van der Waals surface area contributed by atoms with Crippen LogP contribution in [-0.4, -0.2) is 25.3 Å². The van der Waals surface area contributed by atoms with Crippen molar-refractivity contribution in [3.05, 3.63) is 29.8 Å². The Balaban J connectivity index is 3.23. The van der Waals surface area contributed by atoms with E-state index in [1.807, 2.05) is 39.8 Å². The summed E-state index contributed by atoms with van der Waals surface area (Å²) >= 11 is 0. The van der Waals surface area contributed by atoms with Crippen molar-refractivity contribution in [2.45, 2.75) is 45.1 Å². The third kappa shape index (κ3) is 2.87. The number of nitrogens with zero attached hydrogens (tertiary/aromatic N) is 1. The topological polar surface area (TPSA) is 37.4 Å². The highest BCUT2D eigenvalue weighted by Gasteiger charge is 2.27. The van der Waals surface area contributed by atoms with E-state index in [1.54, 1.807) is 16.4 Å². The summed E-state index contributed by atoms with van der Waals surface area (Å²) in [5.74, 6) is 0. The van der Waals surface area contributed by atoms with Gasteiger partial charge in [0.05, 0.1) is 4.90 Å². The van der Waals surface area contributed by atoms with Gasteiger partial charge < -0.3 is 0 Å². The molecule has 1 aromatic carbocycles. The van der Waals surface area contributed by atoms with Crippen molar-refractivity contribution in [3.8, 4) is 0 Å². The Kier molecular flexibility index (Phi) is 4.71. The lowest BCUT2D eigenvalue weighted by molar-refractivity contribution is 0.342. The summed E-state index contributed by atoms with van der Waals surface area (Å²) in [4.78, 5) is 0.419. The van der Waals surface area contributed by atoms with Gasteiger partial charge in [0.2, 0.25) is 10.0 Å². The molecule has 0 heterocycles. The maximum absolute atomic E-state index is 12.5. The summed E-state index contributed by atoms with van der Waals surface area (Å²) < 4.78 is 26.6. The Morgan fingerprint density at radius 2 is 1.82 bits per heavy atom. The van der Waals surface area contributed by atoms with E-state index in [0.29, 0.717) is 11.4 Å². The van der Waals surface area contributed by atoms with Crippen molar-refractivity contribution >= 4 is 10.0 Å². The van der Waals surface area contributed by atoms with E-state index in [9.17, 15) is 8.42 Å². The number of hydrogen-bond donors (Lipinski definition) is 0. The molecular weight excluding hydrogens is 234 g/mol. The second-order valence-corrected chi connectivity index (χ2v) is 6.09. The lowest BCUT2D eigenvalue weighted by Crippen LogP contribution is -2.38. The molecule has 0 fully saturated rings. The first kappa shape index (κ1) is 14.2. The quantitative estimate of drug-likeness (QED) is 0.811. The normalized spacial score (nSPS) is 13.9. The molecule has 0 amide bonds. The lowest BCUT2D eigenvalue weighted by atomic mass is 10.2. The molecule has 0 spiro atoms. The number of sulfonamides is 1. The smallest absolute Gasteiger partial charge is 0.207 e. The van der Waals surface area contributed by atoms with Crippen molar-refractivity contribution in [1.29, 1.82) is 0 Å². The maximum atomic E-state index is 12.5. The fraction of sp³-hybridized carbons (Fsp3) is 0.538. The van der Waals surface area contributed by atoms with Crippen LogP contribution in [0.3, 0.4) is 0 Å². The number of aryl methyl sites for hydroxylation is 1. The summed E-state index contributed by atoms with van der Waals surface area (Å²) in [6, 6.07) is 7.16. The minimum absolute atomic E-state index is 0.0320. The monoisotopic (exact) mass is 255 g/mol. The molecule has 0 radical (unpaired) electrons. The zero-order valence-corrected chi connectivity index (χ0v) is 11.8. The predicted octanol–water partition coefficient (Wildman–Crippen LogP) is 2.80. The van der Waals surface area contributed by atoms with Gasteiger partial charge in [-0.25, -0.2) is 8.42 Å². The minimum Gasteiger partial charge on any atom is -0.207 e. The third-order valence-corrected chi connectivity index (χ3v) is 5.32. The molecule has 0 N–H and O–H groups in total. The summed E-state index contributed by atoms with van der Waals surface area (Å²) in [7, 11) is -3.36. The molecule has 0 aliphatic carbocycles. The minimum atomic E-state index is -3.36. The average molecular weight is 255 g/mol. The van der Waals surface area contributed by atoms with E-state index in [1.165, 1.54) is 0 Å². The average Bonchev–Trinajstić information content (AvgIpc) is 2.29. The third-order valence-electron chi connectivity index (χ3n) is 3.07. The number of rotatable bonds is 5. The first-order valence-electron chi connectivity index (χ1n) is 6.02. The van der Waals surface area contributed by atoms with E-state index in [-0.39, 0.29) is 6.04 Å². The van der Waals surface area contributed by atoms with Gasteiger partial charge in [0.1, 0.15) is 0 Å². The molecule has 0 aliphatic rings. The Morgan fingerprint density at radius 1 is 1.24 bits per heavy atom. The van der Waals surface area contributed by atoms with Gasteiger partial charge in [0.25, 0.3) is 0 Å². The summed E-state index contributed by atoms with van der Waals surface area (Å²) in [6.07, 6.45) is 0.818. The van der Waals surface area contributed by atoms with Crippen molar-refractivity contribution in [2.75, 3.05) is 6.54 Å². The van der Waals surface area contributed by atoms with Crippen LogP contribution in [0.25, 0.3) is 0 Å². The van der Waals surface area contributed by atoms with E-state index in [2.05, 4.69) is 0 Å². The molecule has 4 heteroatoms. The van der Waals surface area contributed by atoms with Gasteiger partial charge in [-0.05, 0) is 31.9 Å². The van der Waals surface area contributed by atoms with E-state index in [0.717, 1.165) is 12.0 Å². The second kappa shape index (κ2) is 5.65. The standard InChI is InChI=1S/C13H21NO2S/c1-5-12(4)14(6-2)17(15,16)13-10-8-7-9-11(13)3/h7-10,12H,5-6H2,1-4H3. The Bertz CT molecular complexity index is 468. The fourth-order valence-electron chi connectivity index (χ4n) is 1.89. The Labute approximate surface area is 105 Å². The largest absolute Gasteiger partial charge is 0.243 e. The zero-order chi connectivity index (χ0) is 13.1. The van der Waals surface area contributed by atoms with Gasteiger partial charge in [0.15, 0.2) is 0 Å². The highest BCUT2D eigenvalue weighted by molar-refractivity contribution is 7.89. The van der Waals surface area contributed by atoms with Crippen molar-refractivity contribution in [3.63, 3.8) is 0 Å². The number of benzene rings is 1. The molecule has 17 heavy (non-hydrogen) atoms. The van der Waals surface area contributed by atoms with E-state index < -0.39 is 10.0 Å². The van der Waals surface area contributed by atoms with Crippen molar-refractivity contribution < 1.29 is 8.42 Å². The molecule has 1 aromatic rings. The van der Waals surface area contributed by atoms with Crippen LogP contribution >= 0.6 is 0 Å². The van der Waals surface area contributed by atoms with Gasteiger partial charge >= 0.3 is 0 Å². The zero-order valence-electron chi connectivity index (χ0n) is 11.0. The highest BCUT2D eigenvalue weighted by Crippen LogP contribution is 2.22. The van der Waals surface area contributed by atoms with Crippen LogP contribution in [0.4, 0.5) is 0 Å². The van der Waals surface area contributed by atoms with Crippen molar-refractivity contribution in [1.82, 2.24) is 4.31 Å². The van der Waals surface area contributed by atoms with Gasteiger partial charge in [-0.15, -0.1) is 0 Å². The molecule has 1 rings (SSSR count). The summed E-state index contributed by atoms with van der Waals surface area (Å²) in [5.41, 5.74) is 0.800. The van der Waals surface area contributed by atoms with Crippen molar-refractivity contribution in [2.24, 2.45) is 0 Å². The second-order valence-electron chi connectivity index (χ2n) is 4.23. The van der Waals surface area contributed by atoms with E-state index >= 15 is 0 Å². The van der Waals surface area contributed by atoms with Crippen LogP contribution in [0.1, 0.15) is 32.8 Å². The van der Waals surface area contributed by atoms with Gasteiger partial charge in [0, 0.05) is 12.6 Å². The molecule has 96 valence electrons. The van der Waals surface area contributed by atoms with Crippen LogP contribution in [0.2, 0.25) is 0 Å². The first-order valence-corrected chi connectivity index (χ1v) is 7.46. The molecule has 3 nitrogen and oxygen atoms in total. The molecule has 0 saturated carbocycles. The Morgan fingerprint density at radius 3 is 2.29 bits per heavy atom. The van der Waals surface area contributed by atoms with Crippen LogP contribution in [-0.2, 0) is 10.0 Å². The van der Waals surface area contributed by atoms with Crippen LogP contribution in [0.5, 0.6) is 0 Å². The maximum Gasteiger partial charge on any atom is 0.243 e. The van der Waals surface area contributed by atoms with Crippen LogP contribution < -0.4 is 0 Å². The fourth-order valence-corrected chi connectivity index (χ4v) is 3.84. The number of hydrogen-bond acceptors (Lipinski definition) is 2. The summed E-state index contributed by atoms with van der Waals surface area (Å²) in [5, 5.41) is 0. The van der Waals surface area contributed by atoms with Gasteiger partial charge in [-0.2, -0.15) is 4.31 Å². The molecular formula is C13H21NO2S. The van der Waals surface area contributed by atoms with E-state index in [4.69, 9.17) is 0 Å². The van der Waals surface area contributed by atoms with Crippen LogP contribution in [0, 0.1) is 6.92 Å². The van der Waals surface area contributed by atoms with Crippen LogP contribution in [0.15, 0.2) is 29.2 Å². The molecule has 1 unspecified atom stereocenters. The Hall–Kier alpha value is -0.870. The van der Waals surface area contributed by atoms with Gasteiger partial charge in [-0.1, -0.05) is 32.0 Å².